The monoisotopic (exact) mass is 516 g/mol. The van der Waals surface area contributed by atoms with Gasteiger partial charge in [0.1, 0.15) is 6.54 Å². The zero-order chi connectivity index (χ0) is 22.7. The lowest BCUT2D eigenvalue weighted by molar-refractivity contribution is -0.116. The van der Waals surface area contributed by atoms with E-state index in [1.54, 1.807) is 28.8 Å². The highest BCUT2D eigenvalue weighted by Crippen LogP contribution is 2.64. The number of fused-ring (bicyclic) bond motifs is 6. The highest BCUT2D eigenvalue weighted by atomic mass is 35.5. The molecular formula is C25H22Cl2N2O2S2. The number of carbonyl (C=O) groups is 1. The lowest BCUT2D eigenvalue weighted by Crippen LogP contribution is -2.34. The average molecular weight is 518 g/mol. The van der Waals surface area contributed by atoms with Gasteiger partial charge >= 0.3 is 4.87 Å². The number of benzene rings is 2. The van der Waals surface area contributed by atoms with Gasteiger partial charge < -0.3 is 5.32 Å². The van der Waals surface area contributed by atoms with Crippen molar-refractivity contribution in [3.8, 4) is 0 Å². The lowest BCUT2D eigenvalue weighted by Gasteiger charge is -2.40. The summed E-state index contributed by atoms with van der Waals surface area (Å²) in [5.74, 6) is 1.92. The van der Waals surface area contributed by atoms with E-state index in [9.17, 15) is 9.59 Å². The molecule has 0 radical (unpaired) electrons. The Kier molecular flexibility index (Phi) is 5.60. The van der Waals surface area contributed by atoms with Crippen LogP contribution < -0.4 is 10.2 Å². The summed E-state index contributed by atoms with van der Waals surface area (Å²) in [7, 11) is 0. The highest BCUT2D eigenvalue weighted by molar-refractivity contribution is 8.00. The molecule has 2 bridgehead atoms. The number of nitrogens with zero attached hydrogens (tertiary/aromatic N) is 1. The van der Waals surface area contributed by atoms with E-state index in [4.69, 9.17) is 23.2 Å². The summed E-state index contributed by atoms with van der Waals surface area (Å²) in [6.07, 6.45) is 3.83. The van der Waals surface area contributed by atoms with Crippen LogP contribution in [0.25, 0.3) is 0 Å². The SMILES string of the molecule is O=C(Cn1c2c(sc1=O)[C@H](c1ccc(Cl)cc1)[C@@H]1[C@H]3CC[C@@H](C3)[C@@H]1S2)Nc1ccc(Cl)cc1. The van der Waals surface area contributed by atoms with Crippen molar-refractivity contribution in [3.63, 3.8) is 0 Å². The Balaban J connectivity index is 1.36. The molecule has 1 amide bonds. The first-order valence-electron chi connectivity index (χ1n) is 11.2. The Morgan fingerprint density at radius 1 is 1.00 bits per heavy atom. The molecule has 4 nitrogen and oxygen atoms in total. The molecule has 3 aliphatic rings. The molecule has 6 rings (SSSR count). The number of halogens is 2. The second kappa shape index (κ2) is 8.49. The van der Waals surface area contributed by atoms with E-state index in [2.05, 4.69) is 17.4 Å². The molecule has 0 spiro atoms. The summed E-state index contributed by atoms with van der Waals surface area (Å²) in [5.41, 5.74) is 1.89. The lowest BCUT2D eigenvalue weighted by atomic mass is 9.75. The molecule has 5 atom stereocenters. The maximum atomic E-state index is 13.1. The molecule has 1 aromatic heterocycles. The van der Waals surface area contributed by atoms with E-state index in [1.165, 1.54) is 36.2 Å². The topological polar surface area (TPSA) is 51.1 Å². The van der Waals surface area contributed by atoms with Crippen LogP contribution in [0, 0.1) is 17.8 Å². The summed E-state index contributed by atoms with van der Waals surface area (Å²) in [6.45, 7) is 0.0130. The minimum absolute atomic E-state index is 0.0130. The molecule has 0 saturated heterocycles. The zero-order valence-corrected chi connectivity index (χ0v) is 20.8. The molecule has 8 heteroatoms. The normalized spacial score (nSPS) is 27.3. The standard InChI is InChI=1S/C25H22Cl2N2O2S2/c26-16-5-3-13(4-6-16)20-21-14-1-2-15(11-14)22(21)32-24-23(20)33-25(31)29(24)12-19(30)28-18-9-7-17(27)8-10-18/h3-10,14-15,20-22H,1-2,11-12H2,(H,28,30)/t14-,15-,20+,21-,22-/m0/s1. The fourth-order valence-electron chi connectivity index (χ4n) is 6.01. The number of aromatic nitrogens is 1. The molecule has 1 N–H and O–H groups in total. The third-order valence-corrected chi connectivity index (χ3v) is 10.7. The predicted octanol–water partition coefficient (Wildman–Crippen LogP) is 6.51. The van der Waals surface area contributed by atoms with Gasteiger partial charge in [-0.3, -0.25) is 14.2 Å². The Labute approximate surface area is 210 Å². The van der Waals surface area contributed by atoms with E-state index in [1.807, 2.05) is 23.9 Å². The van der Waals surface area contributed by atoms with Crippen molar-refractivity contribution < 1.29 is 4.79 Å². The first kappa shape index (κ1) is 21.8. The van der Waals surface area contributed by atoms with Gasteiger partial charge in [0, 0.05) is 31.8 Å². The van der Waals surface area contributed by atoms with E-state index < -0.39 is 0 Å². The average Bonchev–Trinajstić information content (AvgIpc) is 3.49. The van der Waals surface area contributed by atoms with E-state index >= 15 is 0 Å². The molecule has 170 valence electrons. The molecule has 2 aromatic carbocycles. The molecule has 1 aliphatic heterocycles. The number of thiazole rings is 1. The molecule has 2 heterocycles. The van der Waals surface area contributed by atoms with Crippen molar-refractivity contribution in [1.82, 2.24) is 4.57 Å². The van der Waals surface area contributed by atoms with Gasteiger partial charge in [0.2, 0.25) is 5.91 Å². The summed E-state index contributed by atoms with van der Waals surface area (Å²) in [4.78, 5) is 27.0. The van der Waals surface area contributed by atoms with Gasteiger partial charge in [0.15, 0.2) is 0 Å². The Bertz CT molecular complexity index is 1270. The fraction of sp³-hybridized carbons (Fsp3) is 0.360. The Morgan fingerprint density at radius 3 is 2.39 bits per heavy atom. The minimum Gasteiger partial charge on any atom is -0.325 e. The van der Waals surface area contributed by atoms with Gasteiger partial charge in [-0.05, 0) is 79.0 Å². The van der Waals surface area contributed by atoms with Crippen LogP contribution in [0.4, 0.5) is 5.69 Å². The summed E-state index contributed by atoms with van der Waals surface area (Å²) in [6, 6.07) is 15.1. The predicted molar refractivity (Wildman–Crippen MR) is 136 cm³/mol. The third-order valence-electron chi connectivity index (χ3n) is 7.35. The van der Waals surface area contributed by atoms with Crippen LogP contribution in [0.3, 0.4) is 0 Å². The van der Waals surface area contributed by atoms with Crippen molar-refractivity contribution in [2.45, 2.75) is 42.0 Å². The molecule has 2 aliphatic carbocycles. The van der Waals surface area contributed by atoms with Crippen LogP contribution in [0.2, 0.25) is 10.0 Å². The smallest absolute Gasteiger partial charge is 0.308 e. The van der Waals surface area contributed by atoms with Crippen molar-refractivity contribution in [2.75, 3.05) is 5.32 Å². The summed E-state index contributed by atoms with van der Waals surface area (Å²) >= 11 is 15.3. The largest absolute Gasteiger partial charge is 0.325 e. The molecular weight excluding hydrogens is 495 g/mol. The second-order valence-electron chi connectivity index (χ2n) is 9.20. The highest BCUT2D eigenvalue weighted by Gasteiger charge is 2.55. The fourth-order valence-corrected chi connectivity index (χ4v) is 9.41. The van der Waals surface area contributed by atoms with Gasteiger partial charge in [0.25, 0.3) is 0 Å². The molecule has 2 saturated carbocycles. The molecule has 0 unspecified atom stereocenters. The number of anilines is 1. The third kappa shape index (κ3) is 3.85. The van der Waals surface area contributed by atoms with Crippen molar-refractivity contribution in [3.05, 3.63) is 78.7 Å². The number of hydrogen-bond acceptors (Lipinski definition) is 4. The molecule has 2 fully saturated rings. The Morgan fingerprint density at radius 2 is 1.67 bits per heavy atom. The van der Waals surface area contributed by atoms with Crippen LogP contribution in [0.1, 0.15) is 35.6 Å². The maximum Gasteiger partial charge on any atom is 0.308 e. The van der Waals surface area contributed by atoms with E-state index in [0.29, 0.717) is 33.7 Å². The van der Waals surface area contributed by atoms with Gasteiger partial charge in [0.05, 0.1) is 5.03 Å². The van der Waals surface area contributed by atoms with E-state index in [0.717, 1.165) is 14.9 Å². The van der Waals surface area contributed by atoms with Gasteiger partial charge in [-0.1, -0.05) is 46.7 Å². The number of hydrogen-bond donors (Lipinski definition) is 1. The van der Waals surface area contributed by atoms with Gasteiger partial charge in [-0.15, -0.1) is 11.8 Å². The first-order chi connectivity index (χ1) is 16.0. The van der Waals surface area contributed by atoms with Crippen molar-refractivity contribution in [1.29, 1.82) is 0 Å². The number of nitrogens with one attached hydrogen (secondary N) is 1. The van der Waals surface area contributed by atoms with Crippen molar-refractivity contribution in [2.24, 2.45) is 17.8 Å². The van der Waals surface area contributed by atoms with Crippen LogP contribution in [-0.4, -0.2) is 15.7 Å². The Hall–Kier alpha value is -1.73. The van der Waals surface area contributed by atoms with Crippen LogP contribution in [0.5, 0.6) is 0 Å². The maximum absolute atomic E-state index is 13.1. The van der Waals surface area contributed by atoms with Gasteiger partial charge in [-0.2, -0.15) is 0 Å². The molecule has 3 aromatic rings. The van der Waals surface area contributed by atoms with Crippen LogP contribution in [-0.2, 0) is 11.3 Å². The summed E-state index contributed by atoms with van der Waals surface area (Å²) < 4.78 is 1.68. The number of rotatable bonds is 4. The second-order valence-corrected chi connectivity index (χ2v) is 12.2. The molecule has 33 heavy (non-hydrogen) atoms. The number of thioether (sulfide) groups is 1. The number of amides is 1. The van der Waals surface area contributed by atoms with Gasteiger partial charge in [-0.25, -0.2) is 0 Å². The quantitative estimate of drug-likeness (QED) is 0.430. The van der Waals surface area contributed by atoms with Crippen molar-refractivity contribution >= 4 is 57.9 Å². The summed E-state index contributed by atoms with van der Waals surface area (Å²) in [5, 5.41) is 5.69. The van der Waals surface area contributed by atoms with Crippen LogP contribution in [0.15, 0.2) is 58.4 Å². The minimum atomic E-state index is -0.210. The number of carbonyl (C=O) groups excluding carboxylic acids is 1. The van der Waals surface area contributed by atoms with Crippen LogP contribution >= 0.6 is 46.3 Å². The first-order valence-corrected chi connectivity index (χ1v) is 13.6. The van der Waals surface area contributed by atoms with E-state index in [-0.39, 0.29) is 23.2 Å². The zero-order valence-electron chi connectivity index (χ0n) is 17.7.